The Morgan fingerprint density at radius 1 is 1.58 bits per heavy atom. The van der Waals surface area contributed by atoms with E-state index in [2.05, 4.69) is 4.18 Å². The summed E-state index contributed by atoms with van der Waals surface area (Å²) < 4.78 is 25.4. The molecule has 1 aliphatic heterocycles. The molecule has 0 radical (unpaired) electrons. The largest absolute Gasteiger partial charge is 0.340 e. The molecule has 5 nitrogen and oxygen atoms in total. The molecule has 0 saturated carbocycles. The molecular formula is C6H11NO4S. The zero-order valence-corrected chi connectivity index (χ0v) is 7.63. The highest BCUT2D eigenvalue weighted by atomic mass is 32.2. The molecular weight excluding hydrogens is 182 g/mol. The monoisotopic (exact) mass is 193 g/mol. The second kappa shape index (κ2) is 3.40. The van der Waals surface area contributed by atoms with Crippen molar-refractivity contribution in [1.29, 1.82) is 0 Å². The fourth-order valence-electron chi connectivity index (χ4n) is 0.897. The summed E-state index contributed by atoms with van der Waals surface area (Å²) in [5.41, 5.74) is 0. The smallest absolute Gasteiger partial charge is 0.264 e. The van der Waals surface area contributed by atoms with E-state index in [1.165, 1.54) is 0 Å². The Morgan fingerprint density at radius 2 is 2.25 bits per heavy atom. The summed E-state index contributed by atoms with van der Waals surface area (Å²) in [6.07, 6.45) is 1.56. The molecule has 0 bridgehead atoms. The lowest BCUT2D eigenvalue weighted by molar-refractivity contribution is -0.140. The summed E-state index contributed by atoms with van der Waals surface area (Å²) in [5.74, 6) is 0.0621. The average Bonchev–Trinajstić information content (AvgIpc) is 1.93. The molecule has 12 heavy (non-hydrogen) atoms. The standard InChI is InChI=1S/C6H11NO4S/c1-12(9,10)11-5-4-7-3-2-6(7)8/h2-5H2,1H3. The van der Waals surface area contributed by atoms with Crippen molar-refractivity contribution in [3.63, 3.8) is 0 Å². The van der Waals surface area contributed by atoms with Crippen LogP contribution >= 0.6 is 0 Å². The van der Waals surface area contributed by atoms with Crippen molar-refractivity contribution in [2.45, 2.75) is 6.42 Å². The van der Waals surface area contributed by atoms with Gasteiger partial charge in [-0.05, 0) is 0 Å². The van der Waals surface area contributed by atoms with Crippen molar-refractivity contribution in [2.75, 3.05) is 26.0 Å². The number of carbonyl (C=O) groups excluding carboxylic acids is 1. The van der Waals surface area contributed by atoms with Crippen LogP contribution in [-0.4, -0.2) is 45.2 Å². The van der Waals surface area contributed by atoms with Crippen LogP contribution in [0.2, 0.25) is 0 Å². The van der Waals surface area contributed by atoms with Crippen LogP contribution in [0, 0.1) is 0 Å². The minimum absolute atomic E-state index is 0.0601. The van der Waals surface area contributed by atoms with Crippen molar-refractivity contribution in [1.82, 2.24) is 4.90 Å². The summed E-state index contributed by atoms with van der Waals surface area (Å²) in [5, 5.41) is 0. The fourth-order valence-corrected chi connectivity index (χ4v) is 1.27. The molecule has 70 valence electrons. The van der Waals surface area contributed by atoms with Gasteiger partial charge in [0.05, 0.1) is 12.9 Å². The predicted molar refractivity (Wildman–Crippen MR) is 42.0 cm³/mol. The molecule has 0 atom stereocenters. The summed E-state index contributed by atoms with van der Waals surface area (Å²) in [6.45, 7) is 1.14. The van der Waals surface area contributed by atoms with Crippen molar-refractivity contribution < 1.29 is 17.4 Å². The van der Waals surface area contributed by atoms with Gasteiger partial charge >= 0.3 is 0 Å². The third kappa shape index (κ3) is 2.78. The van der Waals surface area contributed by atoms with E-state index in [0.29, 0.717) is 19.5 Å². The van der Waals surface area contributed by atoms with Gasteiger partial charge < -0.3 is 4.90 Å². The van der Waals surface area contributed by atoms with Gasteiger partial charge in [0.2, 0.25) is 5.91 Å². The Kier molecular flexibility index (Phi) is 2.69. The van der Waals surface area contributed by atoms with Crippen LogP contribution < -0.4 is 0 Å². The highest BCUT2D eigenvalue weighted by Crippen LogP contribution is 2.07. The topological polar surface area (TPSA) is 63.7 Å². The van der Waals surface area contributed by atoms with E-state index in [1.807, 2.05) is 0 Å². The zero-order valence-electron chi connectivity index (χ0n) is 6.82. The fraction of sp³-hybridized carbons (Fsp3) is 0.833. The van der Waals surface area contributed by atoms with E-state index in [-0.39, 0.29) is 12.5 Å². The summed E-state index contributed by atoms with van der Waals surface area (Å²) in [4.78, 5) is 12.3. The molecule has 0 aromatic heterocycles. The van der Waals surface area contributed by atoms with E-state index in [0.717, 1.165) is 6.26 Å². The quantitative estimate of drug-likeness (QED) is 0.433. The van der Waals surface area contributed by atoms with Crippen LogP contribution in [0.25, 0.3) is 0 Å². The van der Waals surface area contributed by atoms with Crippen molar-refractivity contribution >= 4 is 16.0 Å². The Hall–Kier alpha value is -0.620. The van der Waals surface area contributed by atoms with Gasteiger partial charge in [0.15, 0.2) is 0 Å². The maximum Gasteiger partial charge on any atom is 0.264 e. The number of β-lactam (4-membered cyclic amide) rings is 1. The van der Waals surface area contributed by atoms with Gasteiger partial charge in [-0.25, -0.2) is 0 Å². The predicted octanol–water partition coefficient (Wildman–Crippen LogP) is -0.805. The Bertz CT molecular complexity index is 271. The zero-order chi connectivity index (χ0) is 9.19. The third-order valence-electron chi connectivity index (χ3n) is 1.61. The van der Waals surface area contributed by atoms with Crippen LogP contribution in [-0.2, 0) is 19.1 Å². The van der Waals surface area contributed by atoms with Crippen LogP contribution in [0.5, 0.6) is 0 Å². The molecule has 0 aliphatic carbocycles. The van der Waals surface area contributed by atoms with Crippen molar-refractivity contribution in [2.24, 2.45) is 0 Å². The molecule has 1 amide bonds. The number of hydrogen-bond acceptors (Lipinski definition) is 4. The van der Waals surface area contributed by atoms with E-state index in [9.17, 15) is 13.2 Å². The molecule has 1 rings (SSSR count). The first-order valence-electron chi connectivity index (χ1n) is 3.61. The van der Waals surface area contributed by atoms with Crippen LogP contribution in [0.3, 0.4) is 0 Å². The maximum absolute atomic E-state index is 10.7. The number of amides is 1. The highest BCUT2D eigenvalue weighted by molar-refractivity contribution is 7.85. The van der Waals surface area contributed by atoms with E-state index in [4.69, 9.17) is 0 Å². The Morgan fingerprint density at radius 3 is 2.58 bits per heavy atom. The van der Waals surface area contributed by atoms with Gasteiger partial charge in [0.1, 0.15) is 0 Å². The van der Waals surface area contributed by atoms with E-state index < -0.39 is 10.1 Å². The first kappa shape index (κ1) is 9.47. The summed E-state index contributed by atoms with van der Waals surface area (Å²) >= 11 is 0. The molecule has 1 heterocycles. The maximum atomic E-state index is 10.7. The molecule has 0 unspecified atom stereocenters. The minimum Gasteiger partial charge on any atom is -0.340 e. The molecule has 0 spiro atoms. The lowest BCUT2D eigenvalue weighted by atomic mass is 10.2. The van der Waals surface area contributed by atoms with E-state index in [1.54, 1.807) is 4.90 Å². The highest BCUT2D eigenvalue weighted by Gasteiger charge is 2.23. The van der Waals surface area contributed by atoms with Gasteiger partial charge in [0, 0.05) is 19.5 Å². The number of rotatable bonds is 4. The number of carbonyl (C=O) groups is 1. The second-order valence-electron chi connectivity index (χ2n) is 2.66. The van der Waals surface area contributed by atoms with Crippen molar-refractivity contribution in [3.8, 4) is 0 Å². The number of likely N-dealkylation sites (tertiary alicyclic amines) is 1. The third-order valence-corrected chi connectivity index (χ3v) is 2.20. The van der Waals surface area contributed by atoms with Crippen LogP contribution in [0.1, 0.15) is 6.42 Å². The Labute approximate surface area is 71.4 Å². The van der Waals surface area contributed by atoms with Gasteiger partial charge in [-0.3, -0.25) is 8.98 Å². The van der Waals surface area contributed by atoms with Crippen molar-refractivity contribution in [3.05, 3.63) is 0 Å². The lowest BCUT2D eigenvalue weighted by Gasteiger charge is -2.30. The molecule has 0 aromatic rings. The summed E-state index contributed by atoms with van der Waals surface area (Å²) in [6, 6.07) is 0. The molecule has 1 saturated heterocycles. The van der Waals surface area contributed by atoms with Crippen LogP contribution in [0.15, 0.2) is 0 Å². The number of nitrogens with zero attached hydrogens (tertiary/aromatic N) is 1. The lowest BCUT2D eigenvalue weighted by Crippen LogP contribution is -2.45. The second-order valence-corrected chi connectivity index (χ2v) is 4.30. The average molecular weight is 193 g/mol. The molecule has 1 aliphatic rings. The van der Waals surface area contributed by atoms with Gasteiger partial charge in [-0.2, -0.15) is 8.42 Å². The summed E-state index contributed by atoms with van der Waals surface area (Å²) in [7, 11) is -3.36. The van der Waals surface area contributed by atoms with Crippen LogP contribution in [0.4, 0.5) is 0 Å². The number of hydrogen-bond donors (Lipinski definition) is 0. The molecule has 6 heteroatoms. The molecule has 0 N–H and O–H groups in total. The van der Waals surface area contributed by atoms with E-state index >= 15 is 0 Å². The van der Waals surface area contributed by atoms with Gasteiger partial charge in [0.25, 0.3) is 10.1 Å². The molecule has 0 aromatic carbocycles. The molecule has 1 fully saturated rings. The van der Waals surface area contributed by atoms with Gasteiger partial charge in [-0.15, -0.1) is 0 Å². The minimum atomic E-state index is -3.36. The first-order chi connectivity index (χ1) is 5.49. The first-order valence-corrected chi connectivity index (χ1v) is 5.43. The normalized spacial score (nSPS) is 17.8. The van der Waals surface area contributed by atoms with Gasteiger partial charge in [-0.1, -0.05) is 0 Å². The SMILES string of the molecule is CS(=O)(=O)OCCN1CCC1=O. The Balaban J connectivity index is 2.15.